The molecule has 1 saturated heterocycles. The zero-order chi connectivity index (χ0) is 16.8. The van der Waals surface area contributed by atoms with Crippen molar-refractivity contribution in [3.05, 3.63) is 34.6 Å². The Balaban J connectivity index is 2.15. The molecule has 0 spiro atoms. The van der Waals surface area contributed by atoms with E-state index < -0.39 is 5.82 Å². The van der Waals surface area contributed by atoms with Gasteiger partial charge in [0.05, 0.1) is 0 Å². The minimum absolute atomic E-state index is 0.0130. The summed E-state index contributed by atoms with van der Waals surface area (Å²) in [5, 5.41) is 2.83. The molecule has 0 radical (unpaired) electrons. The van der Waals surface area contributed by atoms with Crippen molar-refractivity contribution in [2.45, 2.75) is 38.0 Å². The Hall–Kier alpha value is -1.62. The van der Waals surface area contributed by atoms with E-state index in [1.54, 1.807) is 13.1 Å². The summed E-state index contributed by atoms with van der Waals surface area (Å²) in [5.74, 6) is -1.00. The van der Waals surface area contributed by atoms with Crippen molar-refractivity contribution in [3.8, 4) is 0 Å². The standard InChI is InChI=1S/C17H22ClFN2O2/c1-20-16(22)9-13(12-7-14(18)11-15(19)8-12)10-17(23)21-5-3-2-4-6-21/h7-8,11,13H,2-6,9-10H2,1H3,(H,20,22)/t13-/m1/s1. The predicted octanol–water partition coefficient (Wildman–Crippen LogP) is 3.10. The summed E-state index contributed by atoms with van der Waals surface area (Å²) in [6, 6.07) is 4.19. The summed E-state index contributed by atoms with van der Waals surface area (Å²) in [6.45, 7) is 1.52. The van der Waals surface area contributed by atoms with E-state index in [9.17, 15) is 14.0 Å². The Morgan fingerprint density at radius 2 is 1.91 bits per heavy atom. The third-order valence-corrected chi connectivity index (χ3v) is 4.41. The topological polar surface area (TPSA) is 49.4 Å². The molecule has 6 heteroatoms. The Bertz CT molecular complexity index is 553. The van der Waals surface area contributed by atoms with Crippen molar-refractivity contribution in [1.82, 2.24) is 10.2 Å². The van der Waals surface area contributed by atoms with Gasteiger partial charge in [-0.2, -0.15) is 0 Å². The molecule has 1 heterocycles. The number of benzene rings is 1. The molecular weight excluding hydrogens is 319 g/mol. The molecule has 1 fully saturated rings. The van der Waals surface area contributed by atoms with Gasteiger partial charge in [0.15, 0.2) is 0 Å². The molecule has 1 aliphatic heterocycles. The Kier molecular flexibility index (Phi) is 6.39. The van der Waals surface area contributed by atoms with Gasteiger partial charge < -0.3 is 10.2 Å². The average molecular weight is 341 g/mol. The third kappa shape index (κ3) is 5.20. The summed E-state index contributed by atoms with van der Waals surface area (Å²) in [6.07, 6.45) is 3.49. The van der Waals surface area contributed by atoms with Gasteiger partial charge in [0, 0.05) is 43.9 Å². The van der Waals surface area contributed by atoms with E-state index in [1.807, 2.05) is 4.90 Å². The molecule has 2 amide bonds. The molecule has 0 aliphatic carbocycles. The number of nitrogens with zero attached hydrogens (tertiary/aromatic N) is 1. The molecule has 0 bridgehead atoms. The maximum absolute atomic E-state index is 13.6. The molecule has 126 valence electrons. The van der Waals surface area contributed by atoms with Gasteiger partial charge in [-0.15, -0.1) is 0 Å². The highest BCUT2D eigenvalue weighted by Crippen LogP contribution is 2.28. The van der Waals surface area contributed by atoms with E-state index in [2.05, 4.69) is 5.32 Å². The zero-order valence-corrected chi connectivity index (χ0v) is 14.0. The van der Waals surface area contributed by atoms with Gasteiger partial charge in [-0.3, -0.25) is 9.59 Å². The largest absolute Gasteiger partial charge is 0.359 e. The van der Waals surface area contributed by atoms with Crippen LogP contribution in [-0.2, 0) is 9.59 Å². The van der Waals surface area contributed by atoms with Gasteiger partial charge in [0.1, 0.15) is 5.82 Å². The quantitative estimate of drug-likeness (QED) is 0.895. The van der Waals surface area contributed by atoms with Crippen LogP contribution in [-0.4, -0.2) is 36.9 Å². The molecule has 0 saturated carbocycles. The van der Waals surface area contributed by atoms with E-state index in [4.69, 9.17) is 11.6 Å². The second kappa shape index (κ2) is 8.29. The molecule has 2 rings (SSSR count). The minimum atomic E-state index is -0.458. The molecule has 1 aliphatic rings. The molecule has 0 aromatic heterocycles. The van der Waals surface area contributed by atoms with Crippen molar-refractivity contribution in [3.63, 3.8) is 0 Å². The van der Waals surface area contributed by atoms with Crippen LogP contribution in [0.5, 0.6) is 0 Å². The molecule has 0 unspecified atom stereocenters. The lowest BCUT2D eigenvalue weighted by molar-refractivity contribution is -0.132. The van der Waals surface area contributed by atoms with Crippen LogP contribution in [0, 0.1) is 5.82 Å². The van der Waals surface area contributed by atoms with Crippen molar-refractivity contribution in [1.29, 1.82) is 0 Å². The molecule has 4 nitrogen and oxygen atoms in total. The van der Waals surface area contributed by atoms with Gasteiger partial charge >= 0.3 is 0 Å². The fourth-order valence-corrected chi connectivity index (χ4v) is 3.16. The van der Waals surface area contributed by atoms with Gasteiger partial charge in [-0.25, -0.2) is 4.39 Å². The van der Waals surface area contributed by atoms with E-state index in [0.717, 1.165) is 32.4 Å². The second-order valence-electron chi connectivity index (χ2n) is 5.92. The van der Waals surface area contributed by atoms with E-state index in [0.29, 0.717) is 5.56 Å². The van der Waals surface area contributed by atoms with Crippen LogP contribution in [0.3, 0.4) is 0 Å². The smallest absolute Gasteiger partial charge is 0.223 e. The molecule has 1 N–H and O–H groups in total. The van der Waals surface area contributed by atoms with Crippen molar-refractivity contribution in [2.24, 2.45) is 0 Å². The van der Waals surface area contributed by atoms with Gasteiger partial charge in [-0.1, -0.05) is 11.6 Å². The number of rotatable bonds is 5. The van der Waals surface area contributed by atoms with Gasteiger partial charge in [0.25, 0.3) is 0 Å². The van der Waals surface area contributed by atoms with Crippen LogP contribution in [0.15, 0.2) is 18.2 Å². The first-order valence-electron chi connectivity index (χ1n) is 7.94. The maximum atomic E-state index is 13.6. The number of amides is 2. The van der Waals surface area contributed by atoms with E-state index in [1.165, 1.54) is 12.1 Å². The summed E-state index contributed by atoms with van der Waals surface area (Å²) in [7, 11) is 1.55. The van der Waals surface area contributed by atoms with Crippen LogP contribution < -0.4 is 5.32 Å². The third-order valence-electron chi connectivity index (χ3n) is 4.20. The van der Waals surface area contributed by atoms with Crippen molar-refractivity contribution < 1.29 is 14.0 Å². The molecule has 1 aromatic carbocycles. The fraction of sp³-hybridized carbons (Fsp3) is 0.529. The van der Waals surface area contributed by atoms with Crippen LogP contribution in [0.25, 0.3) is 0 Å². The average Bonchev–Trinajstić information content (AvgIpc) is 2.53. The Morgan fingerprint density at radius 1 is 1.22 bits per heavy atom. The van der Waals surface area contributed by atoms with Crippen molar-refractivity contribution in [2.75, 3.05) is 20.1 Å². The van der Waals surface area contributed by atoms with Gasteiger partial charge in [0.2, 0.25) is 11.8 Å². The first-order chi connectivity index (χ1) is 11.0. The normalized spacial score (nSPS) is 16.0. The summed E-state index contributed by atoms with van der Waals surface area (Å²) < 4.78 is 13.6. The lowest BCUT2D eigenvalue weighted by Crippen LogP contribution is -2.36. The highest BCUT2D eigenvalue weighted by Gasteiger charge is 2.24. The highest BCUT2D eigenvalue weighted by molar-refractivity contribution is 6.30. The van der Waals surface area contributed by atoms with Crippen LogP contribution >= 0.6 is 11.6 Å². The highest BCUT2D eigenvalue weighted by atomic mass is 35.5. The zero-order valence-electron chi connectivity index (χ0n) is 13.3. The molecule has 23 heavy (non-hydrogen) atoms. The number of carbonyl (C=O) groups excluding carboxylic acids is 2. The Morgan fingerprint density at radius 3 is 2.52 bits per heavy atom. The molecular formula is C17H22ClFN2O2. The molecule has 1 atom stereocenters. The lowest BCUT2D eigenvalue weighted by atomic mass is 9.91. The lowest BCUT2D eigenvalue weighted by Gasteiger charge is -2.28. The monoisotopic (exact) mass is 340 g/mol. The minimum Gasteiger partial charge on any atom is -0.359 e. The summed E-state index contributed by atoms with van der Waals surface area (Å²) in [4.78, 5) is 26.1. The maximum Gasteiger partial charge on any atom is 0.223 e. The SMILES string of the molecule is CNC(=O)C[C@H](CC(=O)N1CCCCC1)c1cc(F)cc(Cl)c1. The first kappa shape index (κ1) is 17.7. The van der Waals surface area contributed by atoms with Crippen LogP contribution in [0.1, 0.15) is 43.6 Å². The van der Waals surface area contributed by atoms with Crippen LogP contribution in [0.4, 0.5) is 4.39 Å². The predicted molar refractivity (Wildman–Crippen MR) is 87.9 cm³/mol. The number of hydrogen-bond acceptors (Lipinski definition) is 2. The number of piperidine rings is 1. The van der Waals surface area contributed by atoms with Crippen LogP contribution in [0.2, 0.25) is 5.02 Å². The summed E-state index contributed by atoms with van der Waals surface area (Å²) in [5.41, 5.74) is 0.587. The first-order valence-corrected chi connectivity index (χ1v) is 8.31. The number of carbonyl (C=O) groups is 2. The van der Waals surface area contributed by atoms with Crippen molar-refractivity contribution >= 4 is 23.4 Å². The van der Waals surface area contributed by atoms with Gasteiger partial charge in [-0.05, 0) is 43.0 Å². The fourth-order valence-electron chi connectivity index (χ4n) is 2.93. The van der Waals surface area contributed by atoms with E-state index in [-0.39, 0.29) is 35.6 Å². The number of hydrogen-bond donors (Lipinski definition) is 1. The number of halogens is 2. The number of nitrogens with one attached hydrogen (secondary N) is 1. The Labute approximate surface area is 141 Å². The summed E-state index contributed by atoms with van der Waals surface area (Å²) >= 11 is 5.91. The number of likely N-dealkylation sites (tertiary alicyclic amines) is 1. The van der Waals surface area contributed by atoms with E-state index >= 15 is 0 Å². The molecule has 1 aromatic rings. The second-order valence-corrected chi connectivity index (χ2v) is 6.36.